The standard InChI is InChI=1S/C40H49N11O6/c1-25(2)30-18-31(33(53)19-32(30)52)35(54)51-23-27-4-3-26(17-28(27)24-51)22-47-9-11-48(12-10-47)36(55)40(56)5-7-49(8-6-40)38-44-34(29-20-42-37(41)43-21-29)45-39(46-38)50-13-15-57-16-14-50/h3-4,17-21,25,52-53,56H,5-16,22-24H2,1-2H3,(H2,41,42,43). The third-order valence-corrected chi connectivity index (χ3v) is 11.5. The van der Waals surface area contributed by atoms with Crippen molar-refractivity contribution >= 4 is 29.7 Å². The smallest absolute Gasteiger partial charge is 0.258 e. The fraction of sp³-hybridized carbons (Fsp3) is 0.475. The van der Waals surface area contributed by atoms with E-state index in [0.29, 0.717) is 114 Å². The van der Waals surface area contributed by atoms with Crippen LogP contribution in [0.25, 0.3) is 11.4 Å². The summed E-state index contributed by atoms with van der Waals surface area (Å²) in [6.45, 7) is 11.0. The van der Waals surface area contributed by atoms with Crippen molar-refractivity contribution in [1.82, 2.24) is 39.6 Å². The zero-order chi connectivity index (χ0) is 39.8. The second-order valence-electron chi connectivity index (χ2n) is 15.6. The lowest BCUT2D eigenvalue weighted by Gasteiger charge is -2.42. The molecular formula is C40H49N11O6. The van der Waals surface area contributed by atoms with E-state index in [-0.39, 0.29) is 53.6 Å². The number of aliphatic hydroxyl groups is 1. The van der Waals surface area contributed by atoms with Gasteiger partial charge in [-0.15, -0.1) is 0 Å². The van der Waals surface area contributed by atoms with E-state index in [1.165, 1.54) is 6.07 Å². The molecule has 0 aliphatic carbocycles. The molecule has 4 aromatic rings. The summed E-state index contributed by atoms with van der Waals surface area (Å²) < 4.78 is 5.53. The number of aromatic nitrogens is 5. The van der Waals surface area contributed by atoms with Crippen LogP contribution in [0.2, 0.25) is 0 Å². The number of piperazine rings is 1. The number of nitrogen functional groups attached to an aromatic ring is 1. The van der Waals surface area contributed by atoms with Gasteiger partial charge in [0.15, 0.2) is 5.82 Å². The zero-order valence-corrected chi connectivity index (χ0v) is 32.3. The highest BCUT2D eigenvalue weighted by Gasteiger charge is 2.43. The van der Waals surface area contributed by atoms with Crippen molar-refractivity contribution in [3.63, 3.8) is 0 Å². The van der Waals surface area contributed by atoms with E-state index in [4.69, 9.17) is 25.4 Å². The number of ether oxygens (including phenoxy) is 1. The van der Waals surface area contributed by atoms with Gasteiger partial charge in [0, 0.05) is 103 Å². The number of aromatic hydroxyl groups is 2. The van der Waals surface area contributed by atoms with Crippen molar-refractivity contribution in [2.75, 3.05) is 81.1 Å². The van der Waals surface area contributed by atoms with Crippen molar-refractivity contribution in [3.05, 3.63) is 70.5 Å². The van der Waals surface area contributed by atoms with E-state index in [2.05, 4.69) is 38.0 Å². The molecule has 0 unspecified atom stereocenters. The van der Waals surface area contributed by atoms with Gasteiger partial charge in [0.1, 0.15) is 17.1 Å². The van der Waals surface area contributed by atoms with Crippen molar-refractivity contribution in [1.29, 1.82) is 0 Å². The third-order valence-electron chi connectivity index (χ3n) is 11.5. The highest BCUT2D eigenvalue weighted by atomic mass is 16.5. The molecule has 2 aromatic heterocycles. The first-order chi connectivity index (χ1) is 27.4. The molecule has 4 aliphatic heterocycles. The Morgan fingerprint density at radius 1 is 0.807 bits per heavy atom. The zero-order valence-electron chi connectivity index (χ0n) is 32.3. The van der Waals surface area contributed by atoms with Crippen molar-refractivity contribution in [2.45, 2.75) is 57.8 Å². The molecule has 300 valence electrons. The van der Waals surface area contributed by atoms with Gasteiger partial charge in [0.2, 0.25) is 17.8 Å². The molecule has 0 spiro atoms. The molecular weight excluding hydrogens is 731 g/mol. The van der Waals surface area contributed by atoms with Gasteiger partial charge in [-0.25, -0.2) is 9.97 Å². The number of morpholine rings is 1. The Bertz CT molecular complexity index is 2130. The summed E-state index contributed by atoms with van der Waals surface area (Å²) in [5.74, 6) is 0.784. The number of anilines is 3. The van der Waals surface area contributed by atoms with Crippen LogP contribution in [0.3, 0.4) is 0 Å². The van der Waals surface area contributed by atoms with Crippen LogP contribution in [0.4, 0.5) is 17.8 Å². The number of carbonyl (C=O) groups is 2. The predicted octanol–water partition coefficient (Wildman–Crippen LogP) is 2.11. The first-order valence-electron chi connectivity index (χ1n) is 19.6. The van der Waals surface area contributed by atoms with Crippen LogP contribution >= 0.6 is 0 Å². The van der Waals surface area contributed by atoms with Gasteiger partial charge in [0.05, 0.1) is 24.3 Å². The fourth-order valence-corrected chi connectivity index (χ4v) is 8.02. The molecule has 2 amide bonds. The van der Waals surface area contributed by atoms with Crippen LogP contribution in [-0.4, -0.2) is 138 Å². The number of carbonyl (C=O) groups excluding carboxylic acids is 2. The van der Waals surface area contributed by atoms with Gasteiger partial charge < -0.3 is 45.4 Å². The highest BCUT2D eigenvalue weighted by molar-refractivity contribution is 5.97. The number of amides is 2. The Morgan fingerprint density at radius 3 is 2.12 bits per heavy atom. The maximum absolute atomic E-state index is 13.8. The topological polar surface area (TPSA) is 211 Å². The van der Waals surface area contributed by atoms with E-state index >= 15 is 0 Å². The predicted molar refractivity (Wildman–Crippen MR) is 210 cm³/mol. The Labute approximate surface area is 330 Å². The summed E-state index contributed by atoms with van der Waals surface area (Å²) in [5, 5.41) is 32.4. The molecule has 3 fully saturated rings. The van der Waals surface area contributed by atoms with Gasteiger partial charge in [-0.3, -0.25) is 14.5 Å². The van der Waals surface area contributed by atoms with Crippen LogP contribution < -0.4 is 15.5 Å². The molecule has 17 nitrogen and oxygen atoms in total. The molecule has 0 radical (unpaired) electrons. The minimum Gasteiger partial charge on any atom is -0.508 e. The van der Waals surface area contributed by atoms with E-state index in [0.717, 1.165) is 16.7 Å². The molecule has 5 N–H and O–H groups in total. The quantitative estimate of drug-likeness (QED) is 0.202. The summed E-state index contributed by atoms with van der Waals surface area (Å²) in [4.78, 5) is 59.6. The Morgan fingerprint density at radius 2 is 1.46 bits per heavy atom. The van der Waals surface area contributed by atoms with Gasteiger partial charge in [-0.1, -0.05) is 32.0 Å². The first kappa shape index (κ1) is 38.2. The molecule has 2 aromatic carbocycles. The number of hydrogen-bond acceptors (Lipinski definition) is 15. The SMILES string of the molecule is CC(C)c1cc(C(=O)N2Cc3ccc(CN4CCN(C(=O)C5(O)CCN(c6nc(-c7cnc(N)nc7)nc(N7CCOCC7)n6)CC5)CC4)cc3C2)c(O)cc1O. The summed E-state index contributed by atoms with van der Waals surface area (Å²) in [5.41, 5.74) is 8.89. The number of benzene rings is 2. The molecule has 0 atom stereocenters. The lowest BCUT2D eigenvalue weighted by atomic mass is 9.89. The lowest BCUT2D eigenvalue weighted by Crippen LogP contribution is -2.59. The second kappa shape index (κ2) is 15.7. The largest absolute Gasteiger partial charge is 0.508 e. The Kier molecular flexibility index (Phi) is 10.5. The van der Waals surface area contributed by atoms with Gasteiger partial charge in [-0.2, -0.15) is 15.0 Å². The highest BCUT2D eigenvalue weighted by Crippen LogP contribution is 2.35. The minimum atomic E-state index is -1.48. The number of rotatable bonds is 8. The second-order valence-corrected chi connectivity index (χ2v) is 15.6. The number of nitrogens with zero attached hydrogens (tertiary/aromatic N) is 10. The monoisotopic (exact) mass is 779 g/mol. The maximum atomic E-state index is 13.8. The average Bonchev–Trinajstić information content (AvgIpc) is 3.65. The van der Waals surface area contributed by atoms with E-state index in [1.54, 1.807) is 28.3 Å². The molecule has 17 heteroatoms. The number of hydrogen-bond donors (Lipinski definition) is 4. The molecule has 57 heavy (non-hydrogen) atoms. The lowest BCUT2D eigenvalue weighted by molar-refractivity contribution is -0.155. The van der Waals surface area contributed by atoms with E-state index < -0.39 is 5.60 Å². The molecule has 6 heterocycles. The molecule has 4 aliphatic rings. The van der Waals surface area contributed by atoms with Crippen LogP contribution in [0.1, 0.15) is 65.2 Å². The maximum Gasteiger partial charge on any atom is 0.258 e. The molecule has 8 rings (SSSR count). The number of nitrogens with two attached hydrogens (primary N) is 1. The van der Waals surface area contributed by atoms with E-state index in [1.807, 2.05) is 18.7 Å². The van der Waals surface area contributed by atoms with Crippen LogP contribution in [0.15, 0.2) is 42.7 Å². The first-order valence-corrected chi connectivity index (χ1v) is 19.6. The number of phenolic OH excluding ortho intramolecular Hbond substituents is 2. The Hall–Kier alpha value is -5.65. The average molecular weight is 780 g/mol. The van der Waals surface area contributed by atoms with Crippen LogP contribution in [-0.2, 0) is 29.2 Å². The van der Waals surface area contributed by atoms with Crippen molar-refractivity contribution in [2.24, 2.45) is 0 Å². The fourth-order valence-electron chi connectivity index (χ4n) is 8.02. The molecule has 0 bridgehead atoms. The van der Waals surface area contributed by atoms with E-state index in [9.17, 15) is 24.9 Å². The van der Waals surface area contributed by atoms with Crippen LogP contribution in [0.5, 0.6) is 11.5 Å². The summed E-state index contributed by atoms with van der Waals surface area (Å²) in [7, 11) is 0. The normalized spacial score (nSPS) is 18.6. The minimum absolute atomic E-state index is 0.00425. The van der Waals surface area contributed by atoms with Crippen LogP contribution in [0, 0.1) is 0 Å². The van der Waals surface area contributed by atoms with Crippen molar-refractivity contribution < 1.29 is 29.6 Å². The molecule has 3 saturated heterocycles. The summed E-state index contributed by atoms with van der Waals surface area (Å²) in [6, 6.07) is 9.11. The van der Waals surface area contributed by atoms with Gasteiger partial charge in [0.25, 0.3) is 11.8 Å². The number of phenols is 2. The third kappa shape index (κ3) is 7.99. The number of piperidine rings is 1. The summed E-state index contributed by atoms with van der Waals surface area (Å²) >= 11 is 0. The number of fused-ring (bicyclic) bond motifs is 1. The Balaban J connectivity index is 0.860. The van der Waals surface area contributed by atoms with Gasteiger partial charge >= 0.3 is 0 Å². The summed E-state index contributed by atoms with van der Waals surface area (Å²) in [6.07, 6.45) is 3.64. The van der Waals surface area contributed by atoms with Crippen molar-refractivity contribution in [3.8, 4) is 22.9 Å². The molecule has 0 saturated carbocycles. The van der Waals surface area contributed by atoms with Gasteiger partial charge in [-0.05, 0) is 34.2 Å².